The van der Waals surface area contributed by atoms with Crippen LogP contribution < -0.4 is 16.1 Å². The van der Waals surface area contributed by atoms with Gasteiger partial charge in [-0.3, -0.25) is 24.5 Å². The van der Waals surface area contributed by atoms with Gasteiger partial charge in [0.2, 0.25) is 5.43 Å². The second kappa shape index (κ2) is 9.65. The first kappa shape index (κ1) is 22.3. The van der Waals surface area contributed by atoms with E-state index in [2.05, 4.69) is 15.7 Å². The molecule has 1 heterocycles. The number of hydrogen-bond donors (Lipinski definition) is 2. The molecule has 0 spiro atoms. The number of anilines is 1. The lowest BCUT2D eigenvalue weighted by Crippen LogP contribution is -2.27. The van der Waals surface area contributed by atoms with Crippen LogP contribution in [0.1, 0.15) is 39.9 Å². The van der Waals surface area contributed by atoms with Gasteiger partial charge in [0.05, 0.1) is 4.92 Å². The van der Waals surface area contributed by atoms with Crippen molar-refractivity contribution in [3.63, 3.8) is 0 Å². The average Bonchev–Trinajstić information content (AvgIpc) is 2.77. The first-order valence-electron chi connectivity index (χ1n) is 9.86. The van der Waals surface area contributed by atoms with Crippen LogP contribution in [0.25, 0.3) is 5.69 Å². The van der Waals surface area contributed by atoms with Crippen molar-refractivity contribution in [1.82, 2.24) is 15.1 Å². The molecule has 0 bridgehead atoms. The zero-order valence-electron chi connectivity index (χ0n) is 17.5. The summed E-state index contributed by atoms with van der Waals surface area (Å²) in [7, 11) is 0. The Bertz CT molecular complexity index is 1250. The highest BCUT2D eigenvalue weighted by molar-refractivity contribution is 6.03. The number of nitrogens with one attached hydrogen (secondary N) is 2. The Kier molecular flexibility index (Phi) is 6.74. The number of carbonyl (C=O) groups is 2. The molecule has 2 N–H and O–H groups in total. The van der Waals surface area contributed by atoms with Crippen LogP contribution in [0.15, 0.2) is 59.4 Å². The lowest BCUT2D eigenvalue weighted by atomic mass is 10.2. The number of hydrogen-bond acceptors (Lipinski definition) is 6. The van der Waals surface area contributed by atoms with Gasteiger partial charge in [0.1, 0.15) is 5.69 Å². The Labute approximate surface area is 183 Å². The highest BCUT2D eigenvalue weighted by Crippen LogP contribution is 2.22. The molecule has 0 saturated heterocycles. The van der Waals surface area contributed by atoms with Crippen molar-refractivity contribution in [3.8, 4) is 5.69 Å². The summed E-state index contributed by atoms with van der Waals surface area (Å²) in [5, 5.41) is 20.8. The Balaban J connectivity index is 1.94. The molecule has 10 nitrogen and oxygen atoms in total. The molecular formula is C22H21N5O5. The molecule has 0 aliphatic heterocycles. The third kappa shape index (κ3) is 4.86. The molecule has 0 saturated carbocycles. The number of aryl methyl sites for hydroxylation is 1. The van der Waals surface area contributed by atoms with E-state index >= 15 is 0 Å². The van der Waals surface area contributed by atoms with Crippen LogP contribution in [-0.4, -0.2) is 33.1 Å². The van der Waals surface area contributed by atoms with E-state index in [9.17, 15) is 24.5 Å². The van der Waals surface area contributed by atoms with E-state index in [0.29, 0.717) is 23.5 Å². The topological polar surface area (TPSA) is 136 Å². The Morgan fingerprint density at radius 1 is 1.09 bits per heavy atom. The molecule has 0 unspecified atom stereocenters. The van der Waals surface area contributed by atoms with Crippen molar-refractivity contribution < 1.29 is 14.5 Å². The summed E-state index contributed by atoms with van der Waals surface area (Å²) in [6.07, 6.45) is 0.785. The van der Waals surface area contributed by atoms with Gasteiger partial charge in [-0.2, -0.15) is 5.10 Å². The minimum Gasteiger partial charge on any atom is -0.352 e. The van der Waals surface area contributed by atoms with E-state index in [4.69, 9.17) is 0 Å². The van der Waals surface area contributed by atoms with E-state index in [0.717, 1.165) is 6.42 Å². The molecule has 0 atom stereocenters. The molecule has 10 heteroatoms. The van der Waals surface area contributed by atoms with Crippen molar-refractivity contribution in [3.05, 3.63) is 91.9 Å². The second-order valence-corrected chi connectivity index (χ2v) is 6.95. The van der Waals surface area contributed by atoms with Crippen molar-refractivity contribution in [2.24, 2.45) is 0 Å². The lowest BCUT2D eigenvalue weighted by Gasteiger charge is -2.12. The summed E-state index contributed by atoms with van der Waals surface area (Å²) in [6.45, 7) is 4.02. The van der Waals surface area contributed by atoms with E-state index in [1.54, 1.807) is 31.2 Å². The molecule has 3 aromatic rings. The number of amides is 2. The highest BCUT2D eigenvalue weighted by atomic mass is 16.6. The van der Waals surface area contributed by atoms with Gasteiger partial charge in [-0.25, -0.2) is 4.68 Å². The molecule has 3 rings (SSSR count). The van der Waals surface area contributed by atoms with E-state index in [1.807, 2.05) is 6.92 Å². The number of rotatable bonds is 7. The largest absolute Gasteiger partial charge is 0.352 e. The van der Waals surface area contributed by atoms with Crippen LogP contribution in [0.3, 0.4) is 0 Å². The van der Waals surface area contributed by atoms with Crippen molar-refractivity contribution in [2.45, 2.75) is 20.3 Å². The van der Waals surface area contributed by atoms with Crippen molar-refractivity contribution in [1.29, 1.82) is 0 Å². The maximum atomic E-state index is 12.8. The van der Waals surface area contributed by atoms with Gasteiger partial charge < -0.3 is 10.6 Å². The van der Waals surface area contributed by atoms with Crippen molar-refractivity contribution in [2.75, 3.05) is 11.9 Å². The number of nitrogens with zero attached hydrogens (tertiary/aromatic N) is 3. The monoisotopic (exact) mass is 435 g/mol. The molecular weight excluding hydrogens is 414 g/mol. The zero-order valence-corrected chi connectivity index (χ0v) is 17.5. The minimum atomic E-state index is -0.798. The van der Waals surface area contributed by atoms with Crippen LogP contribution in [0.4, 0.5) is 11.4 Å². The first-order chi connectivity index (χ1) is 15.3. The second-order valence-electron chi connectivity index (χ2n) is 6.95. The molecule has 0 fully saturated rings. The van der Waals surface area contributed by atoms with Gasteiger partial charge >= 0.3 is 0 Å². The summed E-state index contributed by atoms with van der Waals surface area (Å²) in [6, 6.07) is 13.3. The lowest BCUT2D eigenvalue weighted by molar-refractivity contribution is -0.384. The number of benzene rings is 2. The van der Waals surface area contributed by atoms with Crippen LogP contribution in [0.2, 0.25) is 0 Å². The molecule has 2 amide bonds. The number of para-hydroxylation sites is 2. The van der Waals surface area contributed by atoms with E-state index in [1.165, 1.54) is 35.0 Å². The maximum Gasteiger partial charge on any atom is 0.294 e. The molecule has 1 aromatic heterocycles. The molecule has 0 radical (unpaired) electrons. The summed E-state index contributed by atoms with van der Waals surface area (Å²) >= 11 is 0. The van der Waals surface area contributed by atoms with E-state index in [-0.39, 0.29) is 17.3 Å². The summed E-state index contributed by atoms with van der Waals surface area (Å²) in [5.41, 5.74) is -0.178. The van der Waals surface area contributed by atoms with Gasteiger partial charge in [-0.15, -0.1) is 0 Å². The van der Waals surface area contributed by atoms with Crippen LogP contribution in [-0.2, 0) is 0 Å². The molecule has 0 aliphatic carbocycles. The Morgan fingerprint density at radius 2 is 1.84 bits per heavy atom. The highest BCUT2D eigenvalue weighted by Gasteiger charge is 2.20. The molecule has 164 valence electrons. The van der Waals surface area contributed by atoms with Gasteiger partial charge in [-0.05, 0) is 37.6 Å². The average molecular weight is 435 g/mol. The maximum absolute atomic E-state index is 12.8. The first-order valence-corrected chi connectivity index (χ1v) is 9.86. The number of aromatic nitrogens is 2. The summed E-state index contributed by atoms with van der Waals surface area (Å²) in [4.78, 5) is 48.2. The van der Waals surface area contributed by atoms with Crippen LogP contribution >= 0.6 is 0 Å². The number of nitro benzene ring substituents is 1. The third-order valence-corrected chi connectivity index (χ3v) is 4.55. The fourth-order valence-electron chi connectivity index (χ4n) is 3.02. The fourth-order valence-corrected chi connectivity index (χ4v) is 3.02. The summed E-state index contributed by atoms with van der Waals surface area (Å²) in [5.74, 6) is -1.08. The molecule has 32 heavy (non-hydrogen) atoms. The minimum absolute atomic E-state index is 0.124. The smallest absolute Gasteiger partial charge is 0.294 e. The van der Waals surface area contributed by atoms with Gasteiger partial charge in [0.15, 0.2) is 5.69 Å². The van der Waals surface area contributed by atoms with Gasteiger partial charge in [-0.1, -0.05) is 25.1 Å². The Morgan fingerprint density at radius 3 is 2.56 bits per heavy atom. The third-order valence-electron chi connectivity index (χ3n) is 4.55. The summed E-state index contributed by atoms with van der Waals surface area (Å²) < 4.78 is 1.18. The van der Waals surface area contributed by atoms with E-state index < -0.39 is 22.0 Å². The zero-order chi connectivity index (χ0) is 23.3. The van der Waals surface area contributed by atoms with Gasteiger partial charge in [0, 0.05) is 35.6 Å². The number of carbonyl (C=O) groups excluding carboxylic acids is 2. The van der Waals surface area contributed by atoms with Crippen molar-refractivity contribution >= 4 is 23.2 Å². The Hall–Kier alpha value is -4.34. The van der Waals surface area contributed by atoms with Crippen LogP contribution in [0, 0.1) is 17.0 Å². The number of nitro groups is 1. The normalized spacial score (nSPS) is 10.4. The fraction of sp³-hybridized carbons (Fsp3) is 0.182. The van der Waals surface area contributed by atoms with Gasteiger partial charge in [0.25, 0.3) is 17.5 Å². The molecule has 2 aromatic carbocycles. The van der Waals surface area contributed by atoms with Crippen LogP contribution in [0.5, 0.6) is 0 Å². The SMILES string of the molecule is CCCNC(=O)c1cccc(NC(=O)c2nn(-c3ccccc3[N+](=O)[O-])c(C)cc2=O)c1. The molecule has 0 aliphatic rings. The standard InChI is InChI=1S/C22H21N5O5/c1-3-11-23-21(29)15-7-6-8-16(13-15)24-22(30)20-19(28)12-14(2)26(25-20)17-9-4-5-10-18(17)27(31)32/h4-10,12-13H,3,11H2,1-2H3,(H,23,29)(H,24,30). The predicted molar refractivity (Wildman–Crippen MR) is 118 cm³/mol. The quantitative estimate of drug-likeness (QED) is 0.433. The predicted octanol–water partition coefficient (Wildman–Crippen LogP) is 2.84.